The van der Waals surface area contributed by atoms with Crippen molar-refractivity contribution in [1.82, 2.24) is 9.29 Å². The maximum Gasteiger partial charge on any atom is 0.218 e. The Bertz CT molecular complexity index is 847. The van der Waals surface area contributed by atoms with Crippen LogP contribution in [0.25, 0.3) is 0 Å². The lowest BCUT2D eigenvalue weighted by Crippen LogP contribution is -2.32. The molecule has 24 heavy (non-hydrogen) atoms. The van der Waals surface area contributed by atoms with Gasteiger partial charge < -0.3 is 4.74 Å². The monoisotopic (exact) mass is 343 g/mol. The van der Waals surface area contributed by atoms with Crippen LogP contribution in [0.1, 0.15) is 17.5 Å². The molecule has 1 fully saturated rings. The van der Waals surface area contributed by atoms with Gasteiger partial charge in [0.05, 0.1) is 30.1 Å². The molecule has 1 aliphatic heterocycles. The van der Waals surface area contributed by atoms with Crippen molar-refractivity contribution in [1.29, 1.82) is 5.26 Å². The topological polar surface area (TPSA) is 83.3 Å². The summed E-state index contributed by atoms with van der Waals surface area (Å²) in [6, 6.07) is 12.3. The van der Waals surface area contributed by atoms with Gasteiger partial charge in [0, 0.05) is 12.7 Å². The fourth-order valence-electron chi connectivity index (χ4n) is 2.69. The Morgan fingerprint density at radius 3 is 2.96 bits per heavy atom. The molecule has 0 spiro atoms. The number of pyridine rings is 1. The van der Waals surface area contributed by atoms with Gasteiger partial charge in [0.1, 0.15) is 11.9 Å². The first-order valence-corrected chi connectivity index (χ1v) is 9.21. The van der Waals surface area contributed by atoms with Crippen LogP contribution in [0.5, 0.6) is 5.75 Å². The Morgan fingerprint density at radius 2 is 2.21 bits per heavy atom. The molecule has 0 radical (unpaired) electrons. The van der Waals surface area contributed by atoms with Crippen LogP contribution in [0.4, 0.5) is 0 Å². The van der Waals surface area contributed by atoms with Crippen LogP contribution in [0.3, 0.4) is 0 Å². The SMILES string of the molecule is N#Cc1cccc(CS(=O)(=O)N2CCC(Oc3cccnc3)C2)c1. The zero-order chi connectivity index (χ0) is 17.0. The Labute approximate surface area is 141 Å². The van der Waals surface area contributed by atoms with Crippen LogP contribution >= 0.6 is 0 Å². The van der Waals surface area contributed by atoms with E-state index in [9.17, 15) is 8.42 Å². The minimum Gasteiger partial charge on any atom is -0.487 e. The molecular weight excluding hydrogens is 326 g/mol. The highest BCUT2D eigenvalue weighted by atomic mass is 32.2. The summed E-state index contributed by atoms with van der Waals surface area (Å²) in [4.78, 5) is 3.98. The van der Waals surface area contributed by atoms with E-state index in [1.165, 1.54) is 4.31 Å². The Morgan fingerprint density at radius 1 is 1.33 bits per heavy atom. The molecule has 0 bridgehead atoms. The van der Waals surface area contributed by atoms with Crippen molar-refractivity contribution >= 4 is 10.0 Å². The molecule has 1 atom stereocenters. The quantitative estimate of drug-likeness (QED) is 0.828. The number of aromatic nitrogens is 1. The number of sulfonamides is 1. The molecule has 2 aromatic rings. The minimum absolute atomic E-state index is 0.109. The maximum absolute atomic E-state index is 12.6. The number of nitrogens with zero attached hydrogens (tertiary/aromatic N) is 3. The first kappa shape index (κ1) is 16.4. The lowest BCUT2D eigenvalue weighted by Gasteiger charge is -2.17. The first-order chi connectivity index (χ1) is 11.6. The highest BCUT2D eigenvalue weighted by Gasteiger charge is 2.32. The van der Waals surface area contributed by atoms with E-state index in [1.807, 2.05) is 6.07 Å². The molecule has 1 saturated heterocycles. The second-order valence-corrected chi connectivity index (χ2v) is 7.61. The Kier molecular flexibility index (Phi) is 4.79. The first-order valence-electron chi connectivity index (χ1n) is 7.60. The van der Waals surface area contributed by atoms with E-state index in [2.05, 4.69) is 4.98 Å². The fraction of sp³-hybridized carbons (Fsp3) is 0.294. The second-order valence-electron chi connectivity index (χ2n) is 5.64. The standard InChI is InChI=1S/C17H17N3O3S/c18-10-14-3-1-4-15(9-14)13-24(21,22)20-8-6-17(12-20)23-16-5-2-7-19-11-16/h1-5,7,9,11,17H,6,8,12-13H2. The average molecular weight is 343 g/mol. The number of benzene rings is 1. The third kappa shape index (κ3) is 3.91. The van der Waals surface area contributed by atoms with Crippen LogP contribution in [-0.4, -0.2) is 36.9 Å². The molecule has 0 saturated carbocycles. The van der Waals surface area contributed by atoms with Gasteiger partial charge in [0.2, 0.25) is 10.0 Å². The number of hydrogen-bond donors (Lipinski definition) is 0. The van der Waals surface area contributed by atoms with Crippen LogP contribution in [0.2, 0.25) is 0 Å². The number of rotatable bonds is 5. The van der Waals surface area contributed by atoms with Gasteiger partial charge in [0.15, 0.2) is 0 Å². The molecule has 1 unspecified atom stereocenters. The Hall–Kier alpha value is -2.43. The van der Waals surface area contributed by atoms with E-state index in [4.69, 9.17) is 10.00 Å². The molecule has 0 aliphatic carbocycles. The summed E-state index contributed by atoms with van der Waals surface area (Å²) in [6.45, 7) is 0.764. The molecule has 1 aromatic heterocycles. The predicted molar refractivity (Wildman–Crippen MR) is 88.6 cm³/mol. The van der Waals surface area contributed by atoms with Crippen molar-refractivity contribution in [2.45, 2.75) is 18.3 Å². The summed E-state index contributed by atoms with van der Waals surface area (Å²) in [5.41, 5.74) is 1.08. The van der Waals surface area contributed by atoms with Gasteiger partial charge in [-0.1, -0.05) is 12.1 Å². The molecule has 1 aliphatic rings. The van der Waals surface area contributed by atoms with Gasteiger partial charge in [-0.3, -0.25) is 4.98 Å². The van der Waals surface area contributed by atoms with Gasteiger partial charge in [-0.05, 0) is 36.2 Å². The van der Waals surface area contributed by atoms with Crippen molar-refractivity contribution < 1.29 is 13.2 Å². The molecule has 0 amide bonds. The highest BCUT2D eigenvalue weighted by Crippen LogP contribution is 2.22. The predicted octanol–water partition coefficient (Wildman–Crippen LogP) is 1.94. The smallest absolute Gasteiger partial charge is 0.218 e. The molecule has 2 heterocycles. The molecular formula is C17H17N3O3S. The Balaban J connectivity index is 1.64. The zero-order valence-corrected chi connectivity index (χ0v) is 13.8. The van der Waals surface area contributed by atoms with Gasteiger partial charge in [0.25, 0.3) is 0 Å². The summed E-state index contributed by atoms with van der Waals surface area (Å²) in [6.07, 6.45) is 3.75. The summed E-state index contributed by atoms with van der Waals surface area (Å²) in [7, 11) is -3.43. The highest BCUT2D eigenvalue weighted by molar-refractivity contribution is 7.88. The summed E-state index contributed by atoms with van der Waals surface area (Å²) < 4.78 is 32.4. The number of ether oxygens (including phenoxy) is 1. The van der Waals surface area contributed by atoms with Crippen molar-refractivity contribution in [3.05, 3.63) is 59.9 Å². The molecule has 124 valence electrons. The minimum atomic E-state index is -3.43. The van der Waals surface area contributed by atoms with Crippen LogP contribution in [0.15, 0.2) is 48.8 Å². The van der Waals surface area contributed by atoms with E-state index in [1.54, 1.807) is 48.8 Å². The largest absolute Gasteiger partial charge is 0.487 e. The molecule has 7 heteroatoms. The maximum atomic E-state index is 12.6. The summed E-state index contributed by atoms with van der Waals surface area (Å²) in [5.74, 6) is 0.533. The van der Waals surface area contributed by atoms with Gasteiger partial charge in [-0.2, -0.15) is 9.57 Å². The number of nitriles is 1. The average Bonchev–Trinajstić information content (AvgIpc) is 3.05. The number of hydrogen-bond acceptors (Lipinski definition) is 5. The van der Waals surface area contributed by atoms with E-state index in [0.717, 1.165) is 0 Å². The third-order valence-electron chi connectivity index (χ3n) is 3.84. The molecule has 0 N–H and O–H groups in total. The van der Waals surface area contributed by atoms with Crippen molar-refractivity contribution in [2.75, 3.05) is 13.1 Å². The molecule has 6 nitrogen and oxygen atoms in total. The van der Waals surface area contributed by atoms with Crippen molar-refractivity contribution in [3.63, 3.8) is 0 Å². The fourth-order valence-corrected chi connectivity index (χ4v) is 4.25. The van der Waals surface area contributed by atoms with Crippen molar-refractivity contribution in [3.8, 4) is 11.8 Å². The zero-order valence-electron chi connectivity index (χ0n) is 13.0. The van der Waals surface area contributed by atoms with E-state index >= 15 is 0 Å². The van der Waals surface area contributed by atoms with Gasteiger partial charge in [-0.15, -0.1) is 0 Å². The lowest BCUT2D eigenvalue weighted by molar-refractivity contribution is 0.214. The molecule has 1 aromatic carbocycles. The van der Waals surface area contributed by atoms with Crippen LogP contribution in [0, 0.1) is 11.3 Å². The van der Waals surface area contributed by atoms with Crippen LogP contribution < -0.4 is 4.74 Å². The van der Waals surface area contributed by atoms with E-state index in [-0.39, 0.29) is 11.9 Å². The van der Waals surface area contributed by atoms with Crippen LogP contribution in [-0.2, 0) is 15.8 Å². The normalized spacial score (nSPS) is 18.2. The van der Waals surface area contributed by atoms with E-state index in [0.29, 0.717) is 36.4 Å². The lowest BCUT2D eigenvalue weighted by atomic mass is 10.2. The summed E-state index contributed by atoms with van der Waals surface area (Å²) in [5, 5.41) is 8.92. The van der Waals surface area contributed by atoms with Gasteiger partial charge >= 0.3 is 0 Å². The molecule has 3 rings (SSSR count). The summed E-state index contributed by atoms with van der Waals surface area (Å²) >= 11 is 0. The van der Waals surface area contributed by atoms with E-state index < -0.39 is 10.0 Å². The third-order valence-corrected chi connectivity index (χ3v) is 5.66. The van der Waals surface area contributed by atoms with Crippen molar-refractivity contribution in [2.24, 2.45) is 0 Å². The second kappa shape index (κ2) is 6.99. The van der Waals surface area contributed by atoms with Gasteiger partial charge in [-0.25, -0.2) is 8.42 Å².